The van der Waals surface area contributed by atoms with Crippen molar-refractivity contribution in [3.8, 4) is 22.5 Å². The van der Waals surface area contributed by atoms with Crippen molar-refractivity contribution >= 4 is 49.7 Å². The van der Waals surface area contributed by atoms with E-state index in [1.54, 1.807) is 13.3 Å². The number of rotatable bonds is 5. The molecule has 0 unspecified atom stereocenters. The SMILES string of the molecule is CCn1c(-c2cccnc2[C@H](C)OC)c2c3cc(ccc31)-c1csc(n1)C[C@@]1([Si]N1C(=O)C1(F)CCC1)C(=O)N1CCC[C@H](N1)C(=O)OCC(C)(C)C2. The fraction of sp³-hybridized carbons (Fsp3) is 0.513. The van der Waals surface area contributed by atoms with E-state index in [0.29, 0.717) is 43.8 Å². The normalized spacial score (nSPS) is 24.5. The van der Waals surface area contributed by atoms with Gasteiger partial charge in [0.25, 0.3) is 11.8 Å². The molecule has 1 aromatic carbocycles. The summed E-state index contributed by atoms with van der Waals surface area (Å²) < 4.78 is 31.1. The van der Waals surface area contributed by atoms with E-state index in [9.17, 15) is 14.4 Å². The summed E-state index contributed by atoms with van der Waals surface area (Å²) in [7, 11) is 1.47. The number of amides is 2. The van der Waals surface area contributed by atoms with Crippen LogP contribution in [0.4, 0.5) is 4.39 Å². The highest BCUT2D eigenvalue weighted by molar-refractivity contribution is 7.10. The zero-order valence-corrected chi connectivity index (χ0v) is 32.6. The van der Waals surface area contributed by atoms with Crippen molar-refractivity contribution in [2.45, 2.75) is 102 Å². The van der Waals surface area contributed by atoms with E-state index in [0.717, 1.165) is 44.7 Å². The number of thiazole rings is 1. The molecule has 3 aromatic heterocycles. The highest BCUT2D eigenvalue weighted by atomic mass is 32.1. The number of hydrazine groups is 1. The van der Waals surface area contributed by atoms with Gasteiger partial charge in [-0.15, -0.1) is 11.3 Å². The third-order valence-corrected chi connectivity index (χ3v) is 13.7. The van der Waals surface area contributed by atoms with Crippen LogP contribution in [0.25, 0.3) is 33.4 Å². The zero-order chi connectivity index (χ0) is 37.3. The summed E-state index contributed by atoms with van der Waals surface area (Å²) in [6.45, 7) is 9.58. The lowest BCUT2D eigenvalue weighted by atomic mass is 9.81. The molecule has 2 amide bonds. The van der Waals surface area contributed by atoms with Crippen molar-refractivity contribution in [2.75, 3.05) is 20.3 Å². The second-order valence-corrected chi connectivity index (χ2v) is 18.0. The van der Waals surface area contributed by atoms with Gasteiger partial charge in [0.15, 0.2) is 5.67 Å². The molecule has 3 aliphatic heterocycles. The van der Waals surface area contributed by atoms with Crippen molar-refractivity contribution < 1.29 is 28.2 Å². The summed E-state index contributed by atoms with van der Waals surface area (Å²) in [6.07, 6.45) is 4.40. The Balaban J connectivity index is 1.26. The number of methoxy groups -OCH3 is 1. The number of esters is 1. The van der Waals surface area contributed by atoms with E-state index in [2.05, 4.69) is 55.0 Å². The van der Waals surface area contributed by atoms with Crippen molar-refractivity contribution in [3.05, 3.63) is 58.2 Å². The van der Waals surface area contributed by atoms with Gasteiger partial charge in [0.1, 0.15) is 11.2 Å². The topological polar surface area (TPSA) is 119 Å². The summed E-state index contributed by atoms with van der Waals surface area (Å²) in [4.78, 5) is 51.4. The first kappa shape index (κ1) is 36.0. The highest BCUT2D eigenvalue weighted by Gasteiger charge is 2.67. The van der Waals surface area contributed by atoms with Crippen LogP contribution in [0, 0.1) is 5.41 Å². The van der Waals surface area contributed by atoms with Gasteiger partial charge in [-0.2, -0.15) is 0 Å². The minimum Gasteiger partial charge on any atom is -0.464 e. The maximum atomic E-state index is 15.5. The lowest BCUT2D eigenvalue weighted by Crippen LogP contribution is -2.60. The molecule has 278 valence electrons. The van der Waals surface area contributed by atoms with E-state index in [4.69, 9.17) is 19.4 Å². The van der Waals surface area contributed by atoms with Gasteiger partial charge in [-0.1, -0.05) is 19.9 Å². The first-order valence-electron chi connectivity index (χ1n) is 18.5. The Morgan fingerprint density at radius 1 is 1.21 bits per heavy atom. The predicted molar refractivity (Wildman–Crippen MR) is 200 cm³/mol. The summed E-state index contributed by atoms with van der Waals surface area (Å²) in [5, 5.41) is 3.95. The van der Waals surface area contributed by atoms with Crippen molar-refractivity contribution in [1.29, 1.82) is 0 Å². The van der Waals surface area contributed by atoms with Gasteiger partial charge in [0.05, 0.1) is 34.8 Å². The molecule has 1 N–H and O–H groups in total. The lowest BCUT2D eigenvalue weighted by molar-refractivity contribution is -0.157. The second kappa shape index (κ2) is 13.4. The molecule has 8 rings (SSSR count). The third-order valence-electron chi connectivity index (χ3n) is 11.3. The number of aryl methyl sites for hydroxylation is 1. The molecule has 1 spiro atoms. The minimum absolute atomic E-state index is 0.159. The average molecular weight is 757 g/mol. The maximum Gasteiger partial charge on any atom is 0.324 e. The number of pyridine rings is 1. The van der Waals surface area contributed by atoms with Crippen molar-refractivity contribution in [3.63, 3.8) is 0 Å². The van der Waals surface area contributed by atoms with E-state index >= 15 is 4.39 Å². The largest absolute Gasteiger partial charge is 0.464 e. The number of cyclic esters (lactones) is 1. The molecule has 4 aliphatic rings. The van der Waals surface area contributed by atoms with Gasteiger partial charge >= 0.3 is 5.97 Å². The number of halogens is 1. The van der Waals surface area contributed by atoms with Crippen LogP contribution < -0.4 is 5.43 Å². The number of fused-ring (bicyclic) bond motifs is 6. The lowest BCUT2D eigenvalue weighted by Gasteiger charge is -2.37. The summed E-state index contributed by atoms with van der Waals surface area (Å²) in [6, 6.07) is 9.71. The highest BCUT2D eigenvalue weighted by Crippen LogP contribution is 2.46. The van der Waals surface area contributed by atoms with Crippen LogP contribution in [0.15, 0.2) is 41.9 Å². The van der Waals surface area contributed by atoms with E-state index < -0.39 is 34.2 Å². The molecule has 2 radical (unpaired) electrons. The number of hydrogen-bond donors (Lipinski definition) is 1. The predicted octanol–water partition coefficient (Wildman–Crippen LogP) is 5.77. The van der Waals surface area contributed by atoms with Crippen LogP contribution in [0.2, 0.25) is 0 Å². The Morgan fingerprint density at radius 2 is 2.02 bits per heavy atom. The second-order valence-electron chi connectivity index (χ2n) is 15.6. The molecule has 2 saturated heterocycles. The van der Waals surface area contributed by atoms with Crippen molar-refractivity contribution in [2.24, 2.45) is 5.41 Å². The smallest absolute Gasteiger partial charge is 0.324 e. The van der Waals surface area contributed by atoms with Crippen LogP contribution >= 0.6 is 11.3 Å². The van der Waals surface area contributed by atoms with Crippen LogP contribution in [0.3, 0.4) is 0 Å². The quantitative estimate of drug-likeness (QED) is 0.155. The first-order chi connectivity index (χ1) is 25.4. The number of aromatic nitrogens is 3. The number of nitrogens with zero attached hydrogens (tertiary/aromatic N) is 5. The number of hydrogen-bond acceptors (Lipinski definition) is 9. The molecule has 53 heavy (non-hydrogen) atoms. The zero-order valence-electron chi connectivity index (χ0n) is 30.8. The molecule has 3 fully saturated rings. The van der Waals surface area contributed by atoms with Crippen molar-refractivity contribution in [1.82, 2.24) is 29.5 Å². The van der Waals surface area contributed by atoms with E-state index in [-0.39, 0.29) is 47.6 Å². The molecular formula is C39H45FN6O5SSi. The molecule has 6 bridgehead atoms. The third kappa shape index (κ3) is 6.20. The fourth-order valence-electron chi connectivity index (χ4n) is 8.04. The molecule has 3 atom stereocenters. The summed E-state index contributed by atoms with van der Waals surface area (Å²) in [5.74, 6) is -1.38. The Kier molecular flexibility index (Phi) is 9.10. The number of nitrogens with one attached hydrogen (secondary N) is 1. The van der Waals surface area contributed by atoms with Gasteiger partial charge in [-0.3, -0.25) is 24.4 Å². The number of alkyl halides is 1. The molecule has 1 saturated carbocycles. The van der Waals surface area contributed by atoms with E-state index in [1.165, 1.54) is 20.9 Å². The van der Waals surface area contributed by atoms with Crippen LogP contribution in [-0.2, 0) is 43.2 Å². The Bertz CT molecular complexity index is 2110. The number of benzene rings is 1. The van der Waals surface area contributed by atoms with Gasteiger partial charge in [0.2, 0.25) is 9.68 Å². The number of carbonyl (C=O) groups excluding carboxylic acids is 3. The van der Waals surface area contributed by atoms with Crippen LogP contribution in [0.5, 0.6) is 0 Å². The van der Waals surface area contributed by atoms with Crippen LogP contribution in [0.1, 0.15) is 82.2 Å². The molecule has 6 heterocycles. The molecule has 14 heteroatoms. The van der Waals surface area contributed by atoms with E-state index in [1.807, 2.05) is 18.4 Å². The Labute approximate surface area is 315 Å². The molecular weight excluding hydrogens is 712 g/mol. The number of carbonyl (C=O) groups is 3. The molecule has 4 aromatic rings. The fourth-order valence-corrected chi connectivity index (χ4v) is 10.4. The van der Waals surface area contributed by atoms with Gasteiger partial charge in [-0.25, -0.2) is 14.8 Å². The summed E-state index contributed by atoms with van der Waals surface area (Å²) in [5.41, 5.74) is 7.51. The molecule has 11 nitrogen and oxygen atoms in total. The maximum absolute atomic E-state index is 15.5. The Hall–Kier alpha value is -3.98. The number of ether oxygens (including phenoxy) is 2. The van der Waals surface area contributed by atoms with Gasteiger partial charge < -0.3 is 18.6 Å². The first-order valence-corrected chi connectivity index (χ1v) is 20.3. The summed E-state index contributed by atoms with van der Waals surface area (Å²) >= 11 is 1.44. The van der Waals surface area contributed by atoms with Gasteiger partial charge in [0, 0.05) is 65.6 Å². The standard InChI is InChI=1S/C39H45FN6O5SSi/c1-6-44-30-13-12-24-18-26(30)27(33(44)25-10-7-16-41-32(25)23(2)50-5)19-37(3,4)22-51-34(47)28-11-8-17-45(43-28)36(49)39(20-31-42-29(24)21-52-31)46(53-39)35(48)38(40)14-9-15-38/h7,10,12-13,16,18,21,23,28,43H,6,8-9,11,14-15,17,19-20,22H2,1-5H3/t23-,28-,39+,46?/m0/s1. The van der Waals surface area contributed by atoms with Crippen LogP contribution in [-0.4, -0.2) is 88.7 Å². The molecule has 1 aliphatic carbocycles. The monoisotopic (exact) mass is 756 g/mol. The average Bonchev–Trinajstić information content (AvgIpc) is 3.54. The minimum atomic E-state index is -1.93. The van der Waals surface area contributed by atoms with Gasteiger partial charge in [-0.05, 0) is 82.2 Å². The Morgan fingerprint density at radius 3 is 2.75 bits per heavy atom.